The number of hydrogen-bond donors (Lipinski definition) is 1. The minimum absolute atomic E-state index is 0.0686. The highest BCUT2D eigenvalue weighted by atomic mass is 35.5. The molecule has 2 aromatic carbocycles. The van der Waals surface area contributed by atoms with Crippen molar-refractivity contribution >= 4 is 23.2 Å². The standard InChI is InChI=1S/C18H15ClN4O/c1-24-13-8-6-12(7-9-13)17-10-16(14-4-2-3-5-15(14)19)22-18-20-11-21-23(17)18/h2-11,17H,1H3,(H,20,21,22). The smallest absolute Gasteiger partial charge is 0.226 e. The van der Waals surface area contributed by atoms with Crippen molar-refractivity contribution in [2.75, 3.05) is 12.4 Å². The summed E-state index contributed by atoms with van der Waals surface area (Å²) in [5.74, 6) is 1.51. The Balaban J connectivity index is 1.80. The maximum absolute atomic E-state index is 6.35. The Hall–Kier alpha value is -2.79. The Morgan fingerprint density at radius 1 is 1.12 bits per heavy atom. The minimum atomic E-state index is -0.0686. The second-order valence-corrected chi connectivity index (χ2v) is 5.84. The average molecular weight is 339 g/mol. The zero-order valence-electron chi connectivity index (χ0n) is 13.0. The van der Waals surface area contributed by atoms with Crippen LogP contribution in [0.1, 0.15) is 17.2 Å². The molecular weight excluding hydrogens is 324 g/mol. The van der Waals surface area contributed by atoms with Gasteiger partial charge < -0.3 is 10.1 Å². The molecule has 0 spiro atoms. The zero-order chi connectivity index (χ0) is 16.5. The third kappa shape index (κ3) is 2.53. The number of aromatic nitrogens is 3. The third-order valence-electron chi connectivity index (χ3n) is 4.03. The van der Waals surface area contributed by atoms with Gasteiger partial charge in [0.15, 0.2) is 0 Å². The molecule has 0 bridgehead atoms. The van der Waals surface area contributed by atoms with Crippen molar-refractivity contribution in [2.45, 2.75) is 6.04 Å². The summed E-state index contributed by atoms with van der Waals surface area (Å²) in [7, 11) is 1.66. The van der Waals surface area contributed by atoms with Gasteiger partial charge in [-0.1, -0.05) is 41.9 Å². The number of hydrogen-bond acceptors (Lipinski definition) is 4. The van der Waals surface area contributed by atoms with E-state index in [9.17, 15) is 0 Å². The van der Waals surface area contributed by atoms with Crippen LogP contribution in [0.3, 0.4) is 0 Å². The summed E-state index contributed by atoms with van der Waals surface area (Å²) in [6, 6.07) is 15.6. The maximum Gasteiger partial charge on any atom is 0.226 e. The molecule has 6 heteroatoms. The number of ether oxygens (including phenoxy) is 1. The molecule has 120 valence electrons. The molecular formula is C18H15ClN4O. The van der Waals surface area contributed by atoms with E-state index < -0.39 is 0 Å². The molecule has 0 amide bonds. The molecule has 1 atom stereocenters. The van der Waals surface area contributed by atoms with Gasteiger partial charge in [0.1, 0.15) is 18.1 Å². The molecule has 1 N–H and O–H groups in total. The number of halogens is 1. The van der Waals surface area contributed by atoms with Gasteiger partial charge in [-0.3, -0.25) is 0 Å². The van der Waals surface area contributed by atoms with Crippen LogP contribution >= 0.6 is 11.6 Å². The van der Waals surface area contributed by atoms with Crippen molar-refractivity contribution in [1.82, 2.24) is 14.8 Å². The van der Waals surface area contributed by atoms with Gasteiger partial charge in [0.25, 0.3) is 0 Å². The fourth-order valence-corrected chi connectivity index (χ4v) is 3.05. The van der Waals surface area contributed by atoms with E-state index in [1.807, 2.05) is 53.2 Å². The normalized spacial score (nSPS) is 16.1. The lowest BCUT2D eigenvalue weighted by Gasteiger charge is -2.25. The van der Waals surface area contributed by atoms with E-state index in [4.69, 9.17) is 16.3 Å². The monoisotopic (exact) mass is 338 g/mol. The Morgan fingerprint density at radius 2 is 1.92 bits per heavy atom. The summed E-state index contributed by atoms with van der Waals surface area (Å²) in [6.07, 6.45) is 3.65. The molecule has 24 heavy (non-hydrogen) atoms. The van der Waals surface area contributed by atoms with Crippen LogP contribution in [0, 0.1) is 0 Å². The molecule has 1 unspecified atom stereocenters. The van der Waals surface area contributed by atoms with E-state index in [1.165, 1.54) is 0 Å². The SMILES string of the molecule is COc1ccc(C2C=C(c3ccccc3Cl)Nc3ncnn32)cc1. The largest absolute Gasteiger partial charge is 0.497 e. The Morgan fingerprint density at radius 3 is 2.67 bits per heavy atom. The quantitative estimate of drug-likeness (QED) is 0.784. The Kier molecular flexibility index (Phi) is 3.70. The molecule has 0 saturated carbocycles. The summed E-state index contributed by atoms with van der Waals surface area (Å²) < 4.78 is 7.09. The predicted octanol–water partition coefficient (Wildman–Crippen LogP) is 4.00. The first-order valence-electron chi connectivity index (χ1n) is 7.53. The summed E-state index contributed by atoms with van der Waals surface area (Å²) in [5.41, 5.74) is 2.95. The molecule has 0 fully saturated rings. The first-order chi connectivity index (χ1) is 11.8. The van der Waals surface area contributed by atoms with Crippen molar-refractivity contribution in [3.05, 3.63) is 77.1 Å². The topological polar surface area (TPSA) is 52.0 Å². The number of nitrogens with one attached hydrogen (secondary N) is 1. The van der Waals surface area contributed by atoms with Gasteiger partial charge in [-0.2, -0.15) is 10.1 Å². The molecule has 1 aliphatic heterocycles. The van der Waals surface area contributed by atoms with E-state index in [1.54, 1.807) is 13.4 Å². The summed E-state index contributed by atoms with van der Waals surface area (Å²) in [6.45, 7) is 0. The van der Waals surface area contributed by atoms with Gasteiger partial charge in [-0.25, -0.2) is 4.68 Å². The van der Waals surface area contributed by atoms with Crippen LogP contribution in [0.5, 0.6) is 5.75 Å². The van der Waals surface area contributed by atoms with Crippen LogP contribution in [-0.2, 0) is 0 Å². The molecule has 1 aromatic heterocycles. The van der Waals surface area contributed by atoms with Gasteiger partial charge in [-0.05, 0) is 29.8 Å². The van der Waals surface area contributed by atoms with Gasteiger partial charge in [0.2, 0.25) is 5.95 Å². The predicted molar refractivity (Wildman–Crippen MR) is 94.2 cm³/mol. The second-order valence-electron chi connectivity index (χ2n) is 5.43. The fourth-order valence-electron chi connectivity index (χ4n) is 2.81. The Labute approximate surface area is 144 Å². The summed E-state index contributed by atoms with van der Waals surface area (Å²) >= 11 is 6.35. The van der Waals surface area contributed by atoms with Crippen LogP contribution < -0.4 is 10.1 Å². The van der Waals surface area contributed by atoms with Gasteiger partial charge >= 0.3 is 0 Å². The van der Waals surface area contributed by atoms with Crippen LogP contribution in [0.2, 0.25) is 5.02 Å². The zero-order valence-corrected chi connectivity index (χ0v) is 13.7. The summed E-state index contributed by atoms with van der Waals surface area (Å²) in [5, 5.41) is 8.33. The molecule has 2 heterocycles. The first-order valence-corrected chi connectivity index (χ1v) is 7.91. The van der Waals surface area contributed by atoms with Crippen molar-refractivity contribution in [1.29, 1.82) is 0 Å². The van der Waals surface area contributed by atoms with Crippen LogP contribution in [-0.4, -0.2) is 21.9 Å². The van der Waals surface area contributed by atoms with Gasteiger partial charge in [0.05, 0.1) is 7.11 Å². The number of rotatable bonds is 3. The van der Waals surface area contributed by atoms with E-state index in [0.717, 1.165) is 22.6 Å². The number of anilines is 1. The Bertz CT molecular complexity index is 901. The number of allylic oxidation sites excluding steroid dienone is 1. The van der Waals surface area contributed by atoms with Crippen LogP contribution in [0.25, 0.3) is 5.70 Å². The fraction of sp³-hybridized carbons (Fsp3) is 0.111. The molecule has 0 saturated heterocycles. The molecule has 3 aromatic rings. The number of benzene rings is 2. The van der Waals surface area contributed by atoms with Gasteiger partial charge in [-0.15, -0.1) is 0 Å². The van der Waals surface area contributed by atoms with E-state index in [2.05, 4.69) is 21.5 Å². The maximum atomic E-state index is 6.35. The van der Waals surface area contributed by atoms with E-state index in [0.29, 0.717) is 11.0 Å². The lowest BCUT2D eigenvalue weighted by Crippen LogP contribution is -2.20. The first kappa shape index (κ1) is 14.8. The van der Waals surface area contributed by atoms with Crippen molar-refractivity contribution in [3.63, 3.8) is 0 Å². The van der Waals surface area contributed by atoms with Gasteiger partial charge in [0, 0.05) is 16.3 Å². The number of nitrogens with zero attached hydrogens (tertiary/aromatic N) is 3. The van der Waals surface area contributed by atoms with Crippen LogP contribution in [0.15, 0.2) is 60.9 Å². The second kappa shape index (κ2) is 6.02. The lowest BCUT2D eigenvalue weighted by atomic mass is 10.0. The van der Waals surface area contributed by atoms with Crippen molar-refractivity contribution < 1.29 is 4.74 Å². The van der Waals surface area contributed by atoms with Crippen molar-refractivity contribution in [2.24, 2.45) is 0 Å². The third-order valence-corrected chi connectivity index (χ3v) is 4.36. The molecule has 5 nitrogen and oxygen atoms in total. The molecule has 0 aliphatic carbocycles. The number of fused-ring (bicyclic) bond motifs is 1. The number of methoxy groups -OCH3 is 1. The average Bonchev–Trinajstić information content (AvgIpc) is 3.10. The van der Waals surface area contributed by atoms with E-state index in [-0.39, 0.29) is 6.04 Å². The highest BCUT2D eigenvalue weighted by Crippen LogP contribution is 2.34. The minimum Gasteiger partial charge on any atom is -0.497 e. The van der Waals surface area contributed by atoms with Crippen molar-refractivity contribution in [3.8, 4) is 5.75 Å². The molecule has 0 radical (unpaired) electrons. The van der Waals surface area contributed by atoms with E-state index >= 15 is 0 Å². The highest BCUT2D eigenvalue weighted by molar-refractivity contribution is 6.32. The lowest BCUT2D eigenvalue weighted by molar-refractivity contribution is 0.414. The molecule has 1 aliphatic rings. The molecule has 4 rings (SSSR count). The highest BCUT2D eigenvalue weighted by Gasteiger charge is 2.24. The summed E-state index contributed by atoms with van der Waals surface area (Å²) in [4.78, 5) is 4.30. The van der Waals surface area contributed by atoms with Crippen LogP contribution in [0.4, 0.5) is 5.95 Å².